The molecule has 0 aliphatic carbocycles. The van der Waals surface area contributed by atoms with Gasteiger partial charge in [0.05, 0.1) is 10.6 Å². The standard InChI is InChI=1S/C21H21FN4O2S/c1-2-9-23-10-11-29(27,28)20-8-4-7-19(13-20)26-21-24-14-17(15-25-21)16-5-3-6-18(22)12-16/h2-8,12-15,23H,1,9-11H2,(H,24,25,26). The van der Waals surface area contributed by atoms with Crippen molar-refractivity contribution in [2.75, 3.05) is 24.2 Å². The molecule has 2 aromatic carbocycles. The number of hydrogen-bond acceptors (Lipinski definition) is 6. The average molecular weight is 412 g/mol. The fourth-order valence-electron chi connectivity index (χ4n) is 2.63. The van der Waals surface area contributed by atoms with Crippen molar-refractivity contribution in [1.29, 1.82) is 0 Å². The van der Waals surface area contributed by atoms with Crippen molar-refractivity contribution in [2.24, 2.45) is 0 Å². The first-order chi connectivity index (χ1) is 14.0. The molecule has 0 radical (unpaired) electrons. The first kappa shape index (κ1) is 20.6. The molecule has 1 aromatic heterocycles. The fourth-order valence-corrected chi connectivity index (χ4v) is 3.88. The number of nitrogens with one attached hydrogen (secondary N) is 2. The van der Waals surface area contributed by atoms with Crippen LogP contribution in [0.3, 0.4) is 0 Å². The number of nitrogens with zero attached hydrogens (tertiary/aromatic N) is 2. The molecule has 8 heteroatoms. The molecular weight excluding hydrogens is 391 g/mol. The van der Waals surface area contributed by atoms with Gasteiger partial charge in [-0.3, -0.25) is 0 Å². The van der Waals surface area contributed by atoms with E-state index in [1.807, 2.05) is 0 Å². The third kappa shape index (κ3) is 5.69. The maximum Gasteiger partial charge on any atom is 0.227 e. The van der Waals surface area contributed by atoms with Crippen LogP contribution in [0.5, 0.6) is 0 Å². The Hall–Kier alpha value is -3.10. The van der Waals surface area contributed by atoms with Crippen LogP contribution in [0.15, 0.2) is 78.5 Å². The summed E-state index contributed by atoms with van der Waals surface area (Å²) in [5.41, 5.74) is 1.91. The van der Waals surface area contributed by atoms with Gasteiger partial charge in [-0.05, 0) is 35.9 Å². The minimum Gasteiger partial charge on any atom is -0.324 e. The Kier molecular flexibility index (Phi) is 6.69. The molecule has 0 aliphatic heterocycles. The highest BCUT2D eigenvalue weighted by molar-refractivity contribution is 7.91. The van der Waals surface area contributed by atoms with Crippen LogP contribution in [0.25, 0.3) is 11.1 Å². The minimum atomic E-state index is -3.42. The molecular formula is C21H21FN4O2S. The van der Waals surface area contributed by atoms with E-state index in [0.29, 0.717) is 35.9 Å². The van der Waals surface area contributed by atoms with Gasteiger partial charge >= 0.3 is 0 Å². The van der Waals surface area contributed by atoms with Gasteiger partial charge in [-0.1, -0.05) is 24.3 Å². The highest BCUT2D eigenvalue weighted by Gasteiger charge is 2.14. The second-order valence-corrected chi connectivity index (χ2v) is 8.38. The third-order valence-electron chi connectivity index (χ3n) is 4.10. The quantitative estimate of drug-likeness (QED) is 0.413. The summed E-state index contributed by atoms with van der Waals surface area (Å²) < 4.78 is 38.3. The van der Waals surface area contributed by atoms with E-state index in [4.69, 9.17) is 0 Å². The summed E-state index contributed by atoms with van der Waals surface area (Å²) in [6.45, 7) is 4.48. The Labute approximate surface area is 169 Å². The van der Waals surface area contributed by atoms with E-state index in [1.165, 1.54) is 12.1 Å². The van der Waals surface area contributed by atoms with Crippen LogP contribution in [-0.2, 0) is 9.84 Å². The third-order valence-corrected chi connectivity index (χ3v) is 5.81. The maximum atomic E-state index is 13.4. The van der Waals surface area contributed by atoms with Crippen molar-refractivity contribution in [2.45, 2.75) is 4.90 Å². The molecule has 0 amide bonds. The summed E-state index contributed by atoms with van der Waals surface area (Å²) in [6, 6.07) is 12.7. The Bertz CT molecular complexity index is 1090. The predicted molar refractivity (Wildman–Crippen MR) is 112 cm³/mol. The molecule has 0 saturated carbocycles. The van der Waals surface area contributed by atoms with Crippen LogP contribution in [0, 0.1) is 5.82 Å². The normalized spacial score (nSPS) is 11.2. The van der Waals surface area contributed by atoms with E-state index < -0.39 is 9.84 Å². The predicted octanol–water partition coefficient (Wildman–Crippen LogP) is 3.58. The van der Waals surface area contributed by atoms with E-state index in [2.05, 4.69) is 27.2 Å². The smallest absolute Gasteiger partial charge is 0.227 e. The van der Waals surface area contributed by atoms with Gasteiger partial charge in [0.25, 0.3) is 0 Å². The van der Waals surface area contributed by atoms with Crippen molar-refractivity contribution >= 4 is 21.5 Å². The molecule has 2 N–H and O–H groups in total. The Morgan fingerprint density at radius 1 is 1.03 bits per heavy atom. The zero-order chi connectivity index (χ0) is 20.7. The van der Waals surface area contributed by atoms with E-state index in [0.717, 1.165) is 0 Å². The molecule has 6 nitrogen and oxygen atoms in total. The van der Waals surface area contributed by atoms with Crippen molar-refractivity contribution in [3.8, 4) is 11.1 Å². The first-order valence-electron chi connectivity index (χ1n) is 8.97. The van der Waals surface area contributed by atoms with Gasteiger partial charge < -0.3 is 10.6 Å². The molecule has 0 spiro atoms. The molecule has 3 aromatic rings. The van der Waals surface area contributed by atoms with Crippen LogP contribution in [-0.4, -0.2) is 37.2 Å². The molecule has 150 valence electrons. The molecule has 3 rings (SSSR count). The van der Waals surface area contributed by atoms with Crippen LogP contribution >= 0.6 is 0 Å². The minimum absolute atomic E-state index is 0.0108. The lowest BCUT2D eigenvalue weighted by atomic mass is 10.1. The zero-order valence-corrected chi connectivity index (χ0v) is 16.5. The van der Waals surface area contributed by atoms with Gasteiger partial charge in [0.15, 0.2) is 9.84 Å². The zero-order valence-electron chi connectivity index (χ0n) is 15.7. The Balaban J connectivity index is 1.71. The summed E-state index contributed by atoms with van der Waals surface area (Å²) in [7, 11) is -3.42. The van der Waals surface area contributed by atoms with Gasteiger partial charge in [0, 0.05) is 36.7 Å². The molecule has 0 saturated heterocycles. The lowest BCUT2D eigenvalue weighted by Crippen LogP contribution is -2.23. The van der Waals surface area contributed by atoms with E-state index >= 15 is 0 Å². The Morgan fingerprint density at radius 3 is 2.52 bits per heavy atom. The molecule has 0 atom stereocenters. The highest BCUT2D eigenvalue weighted by atomic mass is 32.2. The van der Waals surface area contributed by atoms with Gasteiger partial charge in [-0.25, -0.2) is 22.8 Å². The average Bonchev–Trinajstić information content (AvgIpc) is 2.72. The summed E-state index contributed by atoms with van der Waals surface area (Å²) in [4.78, 5) is 8.68. The number of rotatable bonds is 9. The number of aromatic nitrogens is 2. The topological polar surface area (TPSA) is 84.0 Å². The first-order valence-corrected chi connectivity index (χ1v) is 10.6. The van der Waals surface area contributed by atoms with Crippen LogP contribution < -0.4 is 10.6 Å². The molecule has 0 aliphatic rings. The monoisotopic (exact) mass is 412 g/mol. The summed E-state index contributed by atoms with van der Waals surface area (Å²) >= 11 is 0. The van der Waals surface area contributed by atoms with Crippen molar-refractivity contribution in [3.63, 3.8) is 0 Å². The number of halogens is 1. The van der Waals surface area contributed by atoms with E-state index in [1.54, 1.807) is 54.9 Å². The van der Waals surface area contributed by atoms with E-state index in [9.17, 15) is 12.8 Å². The molecule has 1 heterocycles. The second-order valence-electron chi connectivity index (χ2n) is 6.27. The van der Waals surface area contributed by atoms with Crippen LogP contribution in [0.1, 0.15) is 0 Å². The summed E-state index contributed by atoms with van der Waals surface area (Å²) in [6.07, 6.45) is 4.84. The van der Waals surface area contributed by atoms with Crippen molar-refractivity contribution < 1.29 is 12.8 Å². The number of benzene rings is 2. The lowest BCUT2D eigenvalue weighted by molar-refractivity contribution is 0.592. The number of anilines is 2. The molecule has 29 heavy (non-hydrogen) atoms. The van der Waals surface area contributed by atoms with Gasteiger partial charge in [0.2, 0.25) is 5.95 Å². The maximum absolute atomic E-state index is 13.4. The SMILES string of the molecule is C=CCNCCS(=O)(=O)c1cccc(Nc2ncc(-c3cccc(F)c3)cn2)c1. The second kappa shape index (κ2) is 9.40. The van der Waals surface area contributed by atoms with Crippen LogP contribution in [0.2, 0.25) is 0 Å². The molecule has 0 unspecified atom stereocenters. The highest BCUT2D eigenvalue weighted by Crippen LogP contribution is 2.22. The fraction of sp³-hybridized carbons (Fsp3) is 0.143. The van der Waals surface area contributed by atoms with E-state index in [-0.39, 0.29) is 16.5 Å². The molecule has 0 bridgehead atoms. The van der Waals surface area contributed by atoms with Crippen LogP contribution in [0.4, 0.5) is 16.0 Å². The summed E-state index contributed by atoms with van der Waals surface area (Å²) in [5.74, 6) is -0.0295. The summed E-state index contributed by atoms with van der Waals surface area (Å²) in [5, 5.41) is 5.97. The number of hydrogen-bond donors (Lipinski definition) is 2. The molecule has 0 fully saturated rings. The number of sulfone groups is 1. The van der Waals surface area contributed by atoms with Gasteiger partial charge in [-0.15, -0.1) is 6.58 Å². The largest absolute Gasteiger partial charge is 0.324 e. The Morgan fingerprint density at radius 2 is 1.79 bits per heavy atom. The van der Waals surface area contributed by atoms with Gasteiger partial charge in [-0.2, -0.15) is 0 Å². The van der Waals surface area contributed by atoms with Gasteiger partial charge in [0.1, 0.15) is 5.82 Å². The van der Waals surface area contributed by atoms with Crippen molar-refractivity contribution in [1.82, 2.24) is 15.3 Å². The lowest BCUT2D eigenvalue weighted by Gasteiger charge is -2.09. The van der Waals surface area contributed by atoms with Crippen molar-refractivity contribution in [3.05, 3.63) is 79.4 Å².